The van der Waals surface area contributed by atoms with Crippen LogP contribution < -0.4 is 4.90 Å². The Kier molecular flexibility index (Phi) is 4.11. The van der Waals surface area contributed by atoms with Crippen LogP contribution in [0.3, 0.4) is 0 Å². The molecule has 0 bridgehead atoms. The van der Waals surface area contributed by atoms with Gasteiger partial charge in [-0.1, -0.05) is 11.6 Å². The van der Waals surface area contributed by atoms with E-state index in [4.69, 9.17) is 16.9 Å². The van der Waals surface area contributed by atoms with Crippen LogP contribution in [0.2, 0.25) is 5.15 Å². The first-order valence-electron chi connectivity index (χ1n) is 4.28. The highest BCUT2D eigenvalue weighted by molar-refractivity contribution is 6.99. The van der Waals surface area contributed by atoms with E-state index in [0.29, 0.717) is 23.9 Å². The Morgan fingerprint density at radius 1 is 1.57 bits per heavy atom. The molecule has 0 aromatic carbocycles. The van der Waals surface area contributed by atoms with Gasteiger partial charge in [-0.15, -0.1) is 0 Å². The molecular formula is C8H11ClN4S. The topological polar surface area (TPSA) is 52.8 Å². The predicted octanol–water partition coefficient (Wildman–Crippen LogP) is 2.32. The Morgan fingerprint density at radius 3 is 2.71 bits per heavy atom. The molecule has 1 aromatic heterocycles. The van der Waals surface area contributed by atoms with E-state index in [0.717, 1.165) is 11.7 Å². The van der Waals surface area contributed by atoms with E-state index in [-0.39, 0.29) is 6.04 Å². The fraction of sp³-hybridized carbons (Fsp3) is 0.625. The molecule has 0 spiro atoms. The van der Waals surface area contributed by atoms with Crippen molar-refractivity contribution in [2.45, 2.75) is 26.3 Å². The molecule has 0 aliphatic carbocycles. The maximum atomic E-state index is 8.52. The van der Waals surface area contributed by atoms with Gasteiger partial charge < -0.3 is 4.90 Å². The van der Waals surface area contributed by atoms with Crippen LogP contribution >= 0.6 is 23.3 Å². The molecule has 4 nitrogen and oxygen atoms in total. The van der Waals surface area contributed by atoms with E-state index in [2.05, 4.69) is 14.8 Å². The summed E-state index contributed by atoms with van der Waals surface area (Å²) in [6, 6.07) is 2.37. The summed E-state index contributed by atoms with van der Waals surface area (Å²) in [6.07, 6.45) is 0.464. The summed E-state index contributed by atoms with van der Waals surface area (Å²) in [5, 5.41) is 8.94. The quantitative estimate of drug-likeness (QED) is 0.797. The van der Waals surface area contributed by atoms with E-state index >= 15 is 0 Å². The zero-order chi connectivity index (χ0) is 10.6. The number of hydrogen-bond donors (Lipinski definition) is 0. The van der Waals surface area contributed by atoms with Crippen molar-refractivity contribution in [3.8, 4) is 6.07 Å². The summed E-state index contributed by atoms with van der Waals surface area (Å²) < 4.78 is 8.00. The second-order valence-corrected chi connectivity index (χ2v) is 3.96. The number of nitrogens with zero attached hydrogens (tertiary/aromatic N) is 4. The lowest BCUT2D eigenvalue weighted by molar-refractivity contribution is 0.680. The third kappa shape index (κ3) is 2.56. The van der Waals surface area contributed by atoms with Gasteiger partial charge in [-0.2, -0.15) is 14.0 Å². The molecule has 76 valence electrons. The van der Waals surface area contributed by atoms with Gasteiger partial charge in [0.25, 0.3) is 0 Å². The highest BCUT2D eigenvalue weighted by atomic mass is 35.5. The van der Waals surface area contributed by atoms with Gasteiger partial charge >= 0.3 is 0 Å². The minimum absolute atomic E-state index is 0.268. The third-order valence-corrected chi connectivity index (χ3v) is 2.67. The van der Waals surface area contributed by atoms with Crippen LogP contribution in [0.5, 0.6) is 0 Å². The molecule has 0 saturated carbocycles. The summed E-state index contributed by atoms with van der Waals surface area (Å²) >= 11 is 6.96. The highest BCUT2D eigenvalue weighted by Gasteiger charge is 2.16. The Hall–Kier alpha value is -0.860. The largest absolute Gasteiger partial charge is 0.350 e. The maximum Gasteiger partial charge on any atom is 0.187 e. The maximum absolute atomic E-state index is 8.52. The predicted molar refractivity (Wildman–Crippen MR) is 57.6 cm³/mol. The second kappa shape index (κ2) is 5.13. The zero-order valence-electron chi connectivity index (χ0n) is 8.07. The second-order valence-electron chi connectivity index (χ2n) is 3.07. The molecule has 0 aliphatic rings. The first-order chi connectivity index (χ1) is 6.66. The first-order valence-corrected chi connectivity index (χ1v) is 5.39. The standard InChI is InChI=1S/C8H11ClN4S/c1-6(2)13(5-3-4-10)8-7(9)11-14-12-8/h6H,3,5H2,1-2H3. The number of aromatic nitrogens is 2. The SMILES string of the molecule is CC(C)N(CCC#N)c1nsnc1Cl. The van der Waals surface area contributed by atoms with Gasteiger partial charge in [0.05, 0.1) is 24.2 Å². The van der Waals surface area contributed by atoms with Gasteiger partial charge in [0, 0.05) is 12.6 Å². The van der Waals surface area contributed by atoms with Crippen LogP contribution in [0.1, 0.15) is 20.3 Å². The highest BCUT2D eigenvalue weighted by Crippen LogP contribution is 2.24. The van der Waals surface area contributed by atoms with Crippen molar-refractivity contribution in [3.63, 3.8) is 0 Å². The lowest BCUT2D eigenvalue weighted by Crippen LogP contribution is -2.32. The first kappa shape index (κ1) is 11.2. The molecule has 0 N–H and O–H groups in total. The molecule has 0 unspecified atom stereocenters. The molecule has 0 fully saturated rings. The average Bonchev–Trinajstić information content (AvgIpc) is 2.52. The summed E-state index contributed by atoms with van der Waals surface area (Å²) in [4.78, 5) is 1.98. The van der Waals surface area contributed by atoms with Gasteiger partial charge in [-0.25, -0.2) is 0 Å². The Labute approximate surface area is 92.4 Å². The number of anilines is 1. The number of nitriles is 1. The van der Waals surface area contributed by atoms with Crippen molar-refractivity contribution in [1.82, 2.24) is 8.75 Å². The Bertz CT molecular complexity index is 330. The van der Waals surface area contributed by atoms with Crippen molar-refractivity contribution in [2.24, 2.45) is 0 Å². The van der Waals surface area contributed by atoms with Crippen molar-refractivity contribution in [3.05, 3.63) is 5.15 Å². The normalized spacial score (nSPS) is 10.2. The molecule has 0 atom stereocenters. The minimum atomic E-state index is 0.268. The molecule has 0 saturated heterocycles. The zero-order valence-corrected chi connectivity index (χ0v) is 9.64. The molecule has 6 heteroatoms. The van der Waals surface area contributed by atoms with Crippen LogP contribution in [0.15, 0.2) is 0 Å². The molecule has 1 rings (SSSR count). The average molecular weight is 231 g/mol. The Balaban J connectivity index is 2.79. The fourth-order valence-electron chi connectivity index (χ4n) is 1.12. The number of hydrogen-bond acceptors (Lipinski definition) is 5. The fourth-order valence-corrected chi connectivity index (χ4v) is 1.88. The van der Waals surface area contributed by atoms with Crippen LogP contribution in [0, 0.1) is 11.3 Å². The van der Waals surface area contributed by atoms with Gasteiger partial charge in [0.2, 0.25) is 0 Å². The van der Waals surface area contributed by atoms with Crippen molar-refractivity contribution < 1.29 is 0 Å². The van der Waals surface area contributed by atoms with E-state index in [9.17, 15) is 0 Å². The monoisotopic (exact) mass is 230 g/mol. The molecule has 0 aliphatic heterocycles. The molecule has 0 amide bonds. The van der Waals surface area contributed by atoms with E-state index in [1.54, 1.807) is 0 Å². The lowest BCUT2D eigenvalue weighted by atomic mass is 10.3. The van der Waals surface area contributed by atoms with Gasteiger partial charge in [0.1, 0.15) is 0 Å². The Morgan fingerprint density at radius 2 is 2.29 bits per heavy atom. The van der Waals surface area contributed by atoms with Crippen LogP contribution in [-0.4, -0.2) is 21.3 Å². The van der Waals surface area contributed by atoms with E-state index in [1.807, 2.05) is 18.7 Å². The summed E-state index contributed by atoms with van der Waals surface area (Å²) in [7, 11) is 0. The van der Waals surface area contributed by atoms with Crippen LogP contribution in [0.4, 0.5) is 5.82 Å². The summed E-state index contributed by atoms with van der Waals surface area (Å²) in [5.41, 5.74) is 0. The van der Waals surface area contributed by atoms with Gasteiger partial charge in [-0.05, 0) is 13.8 Å². The van der Waals surface area contributed by atoms with Crippen LogP contribution in [0.25, 0.3) is 0 Å². The van der Waals surface area contributed by atoms with Gasteiger partial charge in [0.15, 0.2) is 11.0 Å². The molecule has 0 radical (unpaired) electrons. The smallest absolute Gasteiger partial charge is 0.187 e. The molecule has 1 aromatic rings. The van der Waals surface area contributed by atoms with Gasteiger partial charge in [-0.3, -0.25) is 0 Å². The molecule has 14 heavy (non-hydrogen) atoms. The summed E-state index contributed by atoms with van der Waals surface area (Å²) in [5.74, 6) is 0.682. The summed E-state index contributed by atoms with van der Waals surface area (Å²) in [6.45, 7) is 4.71. The number of halogens is 1. The third-order valence-electron chi connectivity index (χ3n) is 1.79. The van der Waals surface area contributed by atoms with Crippen molar-refractivity contribution in [2.75, 3.05) is 11.4 Å². The van der Waals surface area contributed by atoms with Crippen molar-refractivity contribution >= 4 is 29.1 Å². The lowest BCUT2D eigenvalue weighted by Gasteiger charge is -2.25. The van der Waals surface area contributed by atoms with Crippen LogP contribution in [-0.2, 0) is 0 Å². The molecular weight excluding hydrogens is 220 g/mol. The molecule has 1 heterocycles. The van der Waals surface area contributed by atoms with E-state index < -0.39 is 0 Å². The van der Waals surface area contributed by atoms with Crippen molar-refractivity contribution in [1.29, 1.82) is 5.26 Å². The van der Waals surface area contributed by atoms with E-state index in [1.165, 1.54) is 0 Å². The minimum Gasteiger partial charge on any atom is -0.350 e. The number of rotatable bonds is 4.